The minimum Gasteiger partial charge on any atom is -0.489 e. The highest BCUT2D eigenvalue weighted by atomic mass is 16.5. The molecule has 3 nitrogen and oxygen atoms in total. The summed E-state index contributed by atoms with van der Waals surface area (Å²) in [5, 5.41) is 7.31. The maximum atomic E-state index is 7.31. The average molecular weight is 240 g/mol. The lowest BCUT2D eigenvalue weighted by molar-refractivity contribution is 0.306. The van der Waals surface area contributed by atoms with Gasteiger partial charge >= 0.3 is 0 Å². The van der Waals surface area contributed by atoms with Gasteiger partial charge in [-0.25, -0.2) is 0 Å². The van der Waals surface area contributed by atoms with Crippen molar-refractivity contribution >= 4 is 5.84 Å². The lowest BCUT2D eigenvalue weighted by atomic mass is 10.1. The zero-order valence-electron chi connectivity index (χ0n) is 10.3. The van der Waals surface area contributed by atoms with Crippen LogP contribution in [0.4, 0.5) is 0 Å². The lowest BCUT2D eigenvalue weighted by Gasteiger charge is -2.07. The number of aryl methyl sites for hydroxylation is 1. The smallest absolute Gasteiger partial charge is 0.122 e. The SMILES string of the molecule is Cc1cccc(OCc2ccc(C(=N)N)cc2)c1. The van der Waals surface area contributed by atoms with E-state index in [9.17, 15) is 0 Å². The standard InChI is InChI=1S/C15H16N2O/c1-11-3-2-4-14(9-11)18-10-12-5-7-13(8-6-12)15(16)17/h2-9H,10H2,1H3,(H3,16,17). The Morgan fingerprint density at radius 3 is 2.50 bits per heavy atom. The average Bonchev–Trinajstić information content (AvgIpc) is 2.37. The fourth-order valence-corrected chi connectivity index (χ4v) is 1.65. The van der Waals surface area contributed by atoms with E-state index < -0.39 is 0 Å². The number of amidine groups is 1. The van der Waals surface area contributed by atoms with Crippen LogP contribution < -0.4 is 10.5 Å². The quantitative estimate of drug-likeness (QED) is 0.637. The second kappa shape index (κ2) is 5.36. The van der Waals surface area contributed by atoms with Crippen molar-refractivity contribution in [3.8, 4) is 5.75 Å². The van der Waals surface area contributed by atoms with Crippen molar-refractivity contribution in [2.75, 3.05) is 0 Å². The van der Waals surface area contributed by atoms with E-state index in [2.05, 4.69) is 0 Å². The highest BCUT2D eigenvalue weighted by molar-refractivity contribution is 5.94. The molecule has 3 N–H and O–H groups in total. The largest absolute Gasteiger partial charge is 0.489 e. The molecule has 3 heteroatoms. The van der Waals surface area contributed by atoms with Gasteiger partial charge in [0, 0.05) is 5.56 Å². The summed E-state index contributed by atoms with van der Waals surface area (Å²) >= 11 is 0. The summed E-state index contributed by atoms with van der Waals surface area (Å²) in [6.07, 6.45) is 0. The number of hydrogen-bond donors (Lipinski definition) is 2. The second-order valence-corrected chi connectivity index (χ2v) is 4.22. The Bertz CT molecular complexity index is 547. The number of nitrogens with two attached hydrogens (primary N) is 1. The maximum Gasteiger partial charge on any atom is 0.122 e. The monoisotopic (exact) mass is 240 g/mol. The predicted octanol–water partition coefficient (Wildman–Crippen LogP) is 2.86. The Morgan fingerprint density at radius 1 is 1.17 bits per heavy atom. The predicted molar refractivity (Wildman–Crippen MR) is 73.0 cm³/mol. The third-order valence-electron chi connectivity index (χ3n) is 2.66. The highest BCUT2D eigenvalue weighted by Crippen LogP contribution is 2.14. The Balaban J connectivity index is 2.00. The fraction of sp³-hybridized carbons (Fsp3) is 0.133. The molecule has 0 unspecified atom stereocenters. The summed E-state index contributed by atoms with van der Waals surface area (Å²) in [5.74, 6) is 0.951. The van der Waals surface area contributed by atoms with Gasteiger partial charge in [0.1, 0.15) is 18.2 Å². The van der Waals surface area contributed by atoms with Gasteiger partial charge in [0.05, 0.1) is 0 Å². The summed E-state index contributed by atoms with van der Waals surface area (Å²) in [6.45, 7) is 2.55. The first-order valence-electron chi connectivity index (χ1n) is 5.78. The van der Waals surface area contributed by atoms with E-state index in [4.69, 9.17) is 15.9 Å². The van der Waals surface area contributed by atoms with Crippen LogP contribution in [0, 0.1) is 12.3 Å². The van der Waals surface area contributed by atoms with Gasteiger partial charge in [0.25, 0.3) is 0 Å². The van der Waals surface area contributed by atoms with Crippen LogP contribution in [0.1, 0.15) is 16.7 Å². The lowest BCUT2D eigenvalue weighted by Crippen LogP contribution is -2.10. The molecular weight excluding hydrogens is 224 g/mol. The maximum absolute atomic E-state index is 7.31. The molecule has 2 aromatic rings. The molecule has 0 aliphatic rings. The molecule has 92 valence electrons. The summed E-state index contributed by atoms with van der Waals surface area (Å²) in [5.41, 5.74) is 8.37. The Morgan fingerprint density at radius 2 is 1.89 bits per heavy atom. The summed E-state index contributed by atoms with van der Waals surface area (Å²) < 4.78 is 5.69. The Kier molecular flexibility index (Phi) is 3.63. The molecule has 0 atom stereocenters. The van der Waals surface area contributed by atoms with Gasteiger partial charge in [0.2, 0.25) is 0 Å². The van der Waals surface area contributed by atoms with E-state index >= 15 is 0 Å². The van der Waals surface area contributed by atoms with Crippen molar-refractivity contribution in [2.45, 2.75) is 13.5 Å². The number of hydrogen-bond acceptors (Lipinski definition) is 2. The fourth-order valence-electron chi connectivity index (χ4n) is 1.65. The van der Waals surface area contributed by atoms with E-state index in [1.54, 1.807) is 0 Å². The van der Waals surface area contributed by atoms with Crippen LogP contribution in [0.25, 0.3) is 0 Å². The highest BCUT2D eigenvalue weighted by Gasteiger charge is 1.99. The van der Waals surface area contributed by atoms with Crippen molar-refractivity contribution < 1.29 is 4.74 Å². The number of rotatable bonds is 4. The normalized spacial score (nSPS) is 10.1. The first kappa shape index (κ1) is 12.2. The van der Waals surface area contributed by atoms with Crippen molar-refractivity contribution in [1.82, 2.24) is 0 Å². The second-order valence-electron chi connectivity index (χ2n) is 4.22. The van der Waals surface area contributed by atoms with Crippen LogP contribution in [0.5, 0.6) is 5.75 Å². The molecule has 0 fully saturated rings. The van der Waals surface area contributed by atoms with Gasteiger partial charge in [-0.2, -0.15) is 0 Å². The van der Waals surface area contributed by atoms with Crippen molar-refractivity contribution in [3.05, 3.63) is 65.2 Å². The Labute approximate surface area is 107 Å². The number of ether oxygens (including phenoxy) is 1. The van der Waals surface area contributed by atoms with E-state index in [0.29, 0.717) is 6.61 Å². The van der Waals surface area contributed by atoms with Crippen LogP contribution in [-0.4, -0.2) is 5.84 Å². The van der Waals surface area contributed by atoms with Crippen LogP contribution in [0.2, 0.25) is 0 Å². The third-order valence-corrected chi connectivity index (χ3v) is 2.66. The minimum atomic E-state index is 0.0844. The summed E-state index contributed by atoms with van der Waals surface area (Å²) in [4.78, 5) is 0. The van der Waals surface area contributed by atoms with E-state index in [0.717, 1.165) is 16.9 Å². The van der Waals surface area contributed by atoms with Crippen LogP contribution in [0.3, 0.4) is 0 Å². The zero-order valence-corrected chi connectivity index (χ0v) is 10.3. The molecule has 0 heterocycles. The van der Waals surface area contributed by atoms with Gasteiger partial charge in [-0.1, -0.05) is 36.4 Å². The molecule has 0 spiro atoms. The van der Waals surface area contributed by atoms with Gasteiger partial charge in [-0.15, -0.1) is 0 Å². The van der Waals surface area contributed by atoms with Crippen molar-refractivity contribution in [1.29, 1.82) is 5.41 Å². The van der Waals surface area contributed by atoms with Gasteiger partial charge in [0.15, 0.2) is 0 Å². The zero-order chi connectivity index (χ0) is 13.0. The number of benzene rings is 2. The van der Waals surface area contributed by atoms with E-state index in [1.165, 1.54) is 5.56 Å². The molecule has 0 amide bonds. The molecular formula is C15H16N2O. The number of nitrogens with one attached hydrogen (secondary N) is 1. The summed E-state index contributed by atoms with van der Waals surface area (Å²) in [7, 11) is 0. The van der Waals surface area contributed by atoms with Gasteiger partial charge in [-0.3, -0.25) is 5.41 Å². The van der Waals surface area contributed by atoms with Gasteiger partial charge in [-0.05, 0) is 30.2 Å². The molecule has 2 rings (SSSR count). The van der Waals surface area contributed by atoms with Crippen LogP contribution in [0.15, 0.2) is 48.5 Å². The van der Waals surface area contributed by atoms with Crippen LogP contribution in [-0.2, 0) is 6.61 Å². The Hall–Kier alpha value is -2.29. The van der Waals surface area contributed by atoms with Crippen molar-refractivity contribution in [2.24, 2.45) is 5.73 Å². The van der Waals surface area contributed by atoms with Gasteiger partial charge < -0.3 is 10.5 Å². The first-order chi connectivity index (χ1) is 8.65. The topological polar surface area (TPSA) is 59.1 Å². The van der Waals surface area contributed by atoms with E-state index in [-0.39, 0.29) is 5.84 Å². The molecule has 0 saturated heterocycles. The minimum absolute atomic E-state index is 0.0844. The molecule has 0 radical (unpaired) electrons. The molecule has 0 aromatic heterocycles. The first-order valence-corrected chi connectivity index (χ1v) is 5.78. The molecule has 0 bridgehead atoms. The third kappa shape index (κ3) is 3.10. The summed E-state index contributed by atoms with van der Waals surface area (Å²) in [6, 6.07) is 15.5. The molecule has 18 heavy (non-hydrogen) atoms. The number of nitrogen functional groups attached to an aromatic ring is 1. The molecule has 2 aromatic carbocycles. The molecule has 0 aliphatic carbocycles. The molecule has 0 aliphatic heterocycles. The molecule has 0 saturated carbocycles. The van der Waals surface area contributed by atoms with Crippen molar-refractivity contribution in [3.63, 3.8) is 0 Å². The van der Waals surface area contributed by atoms with E-state index in [1.807, 2.05) is 55.5 Å². The van der Waals surface area contributed by atoms with Crippen LogP contribution >= 0.6 is 0 Å².